The monoisotopic (exact) mass is 219 g/mol. The second kappa shape index (κ2) is 5.19. The van der Waals surface area contributed by atoms with Gasteiger partial charge in [0.05, 0.1) is 17.5 Å². The van der Waals surface area contributed by atoms with E-state index in [0.717, 1.165) is 18.5 Å². The summed E-state index contributed by atoms with van der Waals surface area (Å²) in [5.74, 6) is 4.79. The summed E-state index contributed by atoms with van der Waals surface area (Å²) in [7, 11) is 0. The van der Waals surface area contributed by atoms with Crippen molar-refractivity contribution in [3.05, 3.63) is 49.8 Å². The molecule has 0 spiro atoms. The van der Waals surface area contributed by atoms with Crippen LogP contribution in [0.25, 0.3) is 10.4 Å². The smallest absolute Gasteiger partial charge is 0.297 e. The first kappa shape index (κ1) is 11.3. The van der Waals surface area contributed by atoms with Gasteiger partial charge in [0, 0.05) is 4.91 Å². The molecule has 0 saturated heterocycles. The average molecular weight is 219 g/mol. The first-order valence-electron chi connectivity index (χ1n) is 4.02. The van der Waals surface area contributed by atoms with E-state index in [4.69, 9.17) is 5.53 Å². The van der Waals surface area contributed by atoms with Crippen LogP contribution in [0.4, 0.5) is 5.69 Å². The van der Waals surface area contributed by atoms with Crippen LogP contribution in [-0.4, -0.2) is 11.5 Å². The molecular formula is C8H5N5O3. The zero-order valence-electron chi connectivity index (χ0n) is 7.90. The molecule has 8 heteroatoms. The fraction of sp³-hybridized carbons (Fsp3) is 0.125. The predicted octanol–water partition coefficient (Wildman–Crippen LogP) is 0.890. The van der Waals surface area contributed by atoms with Crippen LogP contribution < -0.4 is 4.73 Å². The van der Waals surface area contributed by atoms with Gasteiger partial charge in [0.2, 0.25) is 6.20 Å². The summed E-state index contributed by atoms with van der Waals surface area (Å²) < 4.78 is 0.407. The standard InChI is InChI=1S/C8H5N5O3/c9-11-10-4-1-2-7-6-12(14)5-3-8(7)13(15)16/h3,5-6H,4H2. The molecule has 0 aromatic carbocycles. The normalized spacial score (nSPS) is 8.50. The van der Waals surface area contributed by atoms with Crippen LogP contribution in [0.5, 0.6) is 0 Å². The van der Waals surface area contributed by atoms with Gasteiger partial charge in [-0.1, -0.05) is 17.0 Å². The van der Waals surface area contributed by atoms with Crippen molar-refractivity contribution >= 4 is 5.69 Å². The summed E-state index contributed by atoms with van der Waals surface area (Å²) in [4.78, 5) is 12.4. The molecular weight excluding hydrogens is 214 g/mol. The molecule has 0 saturated carbocycles. The van der Waals surface area contributed by atoms with Crippen molar-refractivity contribution in [2.24, 2.45) is 5.11 Å². The Balaban J connectivity index is 3.08. The van der Waals surface area contributed by atoms with Crippen molar-refractivity contribution in [1.82, 2.24) is 0 Å². The highest BCUT2D eigenvalue weighted by Crippen LogP contribution is 2.13. The molecule has 0 amide bonds. The van der Waals surface area contributed by atoms with Gasteiger partial charge >= 0.3 is 0 Å². The Labute approximate surface area is 89.5 Å². The molecule has 0 atom stereocenters. The van der Waals surface area contributed by atoms with Crippen LogP contribution in [0.2, 0.25) is 0 Å². The van der Waals surface area contributed by atoms with E-state index >= 15 is 0 Å². The lowest BCUT2D eigenvalue weighted by Gasteiger charge is -1.96. The lowest BCUT2D eigenvalue weighted by atomic mass is 10.2. The highest BCUT2D eigenvalue weighted by atomic mass is 16.6. The minimum atomic E-state index is -0.641. The van der Waals surface area contributed by atoms with Crippen molar-refractivity contribution in [2.45, 2.75) is 0 Å². The van der Waals surface area contributed by atoms with Crippen LogP contribution in [0.3, 0.4) is 0 Å². The molecule has 1 aromatic rings. The fourth-order valence-electron chi connectivity index (χ4n) is 0.927. The van der Waals surface area contributed by atoms with Crippen molar-refractivity contribution < 1.29 is 9.65 Å². The maximum absolute atomic E-state index is 10.9. The van der Waals surface area contributed by atoms with Gasteiger partial charge in [0.1, 0.15) is 0 Å². The minimum Gasteiger partial charge on any atom is -0.619 e. The van der Waals surface area contributed by atoms with Gasteiger partial charge in [0.25, 0.3) is 5.69 Å². The molecule has 0 unspecified atom stereocenters. The van der Waals surface area contributed by atoms with E-state index in [-0.39, 0.29) is 17.8 Å². The summed E-state index contributed by atoms with van der Waals surface area (Å²) in [5.41, 5.74) is 7.70. The first-order valence-corrected chi connectivity index (χ1v) is 4.02. The van der Waals surface area contributed by atoms with Crippen molar-refractivity contribution in [3.8, 4) is 11.8 Å². The molecule has 0 aliphatic rings. The number of nitrogens with zero attached hydrogens (tertiary/aromatic N) is 5. The number of pyridine rings is 1. The van der Waals surface area contributed by atoms with Crippen LogP contribution in [-0.2, 0) is 0 Å². The fourth-order valence-corrected chi connectivity index (χ4v) is 0.927. The second-order valence-electron chi connectivity index (χ2n) is 2.55. The van der Waals surface area contributed by atoms with Gasteiger partial charge in [-0.2, -0.15) is 4.73 Å². The minimum absolute atomic E-state index is 0.0179. The predicted molar refractivity (Wildman–Crippen MR) is 52.9 cm³/mol. The third kappa shape index (κ3) is 2.87. The number of aromatic nitrogens is 1. The molecule has 80 valence electrons. The average Bonchev–Trinajstić information content (AvgIpc) is 2.24. The van der Waals surface area contributed by atoms with E-state index in [9.17, 15) is 15.3 Å². The molecule has 0 bridgehead atoms. The number of rotatable bonds is 2. The van der Waals surface area contributed by atoms with Gasteiger partial charge in [0.15, 0.2) is 11.8 Å². The summed E-state index contributed by atoms with van der Waals surface area (Å²) in [6.07, 6.45) is 2.00. The molecule has 0 N–H and O–H groups in total. The Morgan fingerprint density at radius 2 is 2.44 bits per heavy atom. The van der Waals surface area contributed by atoms with E-state index in [2.05, 4.69) is 21.9 Å². The van der Waals surface area contributed by atoms with Gasteiger partial charge in [-0.25, -0.2) is 0 Å². The summed E-state index contributed by atoms with van der Waals surface area (Å²) in [6.45, 7) is -0.110. The first-order chi connectivity index (χ1) is 7.65. The lowest BCUT2D eigenvalue weighted by molar-refractivity contribution is -0.606. The van der Waals surface area contributed by atoms with Gasteiger partial charge in [-0.3, -0.25) is 10.1 Å². The van der Waals surface area contributed by atoms with Crippen LogP contribution in [0.1, 0.15) is 5.56 Å². The number of nitro groups is 1. The molecule has 1 rings (SSSR count). The van der Waals surface area contributed by atoms with Crippen LogP contribution in [0, 0.1) is 27.2 Å². The van der Waals surface area contributed by atoms with E-state index < -0.39 is 4.92 Å². The maximum Gasteiger partial charge on any atom is 0.297 e. The summed E-state index contributed by atoms with van der Waals surface area (Å²) in [5, 5.41) is 24.6. The molecule has 8 nitrogen and oxygen atoms in total. The third-order valence-corrected chi connectivity index (χ3v) is 1.54. The Bertz CT molecular complexity index is 524. The van der Waals surface area contributed by atoms with Crippen LogP contribution in [0.15, 0.2) is 23.6 Å². The van der Waals surface area contributed by atoms with E-state index in [1.165, 1.54) is 0 Å². The molecule has 1 heterocycles. The Morgan fingerprint density at radius 1 is 1.69 bits per heavy atom. The Kier molecular flexibility index (Phi) is 3.66. The molecule has 1 aromatic heterocycles. The maximum atomic E-state index is 10.9. The molecule has 0 aliphatic carbocycles. The lowest BCUT2D eigenvalue weighted by Crippen LogP contribution is -2.25. The molecule has 0 aliphatic heterocycles. The quantitative estimate of drug-likeness (QED) is 0.107. The highest BCUT2D eigenvalue weighted by Gasteiger charge is 2.14. The number of hydrogen-bond donors (Lipinski definition) is 0. The van der Waals surface area contributed by atoms with Crippen LogP contribution >= 0.6 is 0 Å². The van der Waals surface area contributed by atoms with Crippen molar-refractivity contribution in [3.63, 3.8) is 0 Å². The third-order valence-electron chi connectivity index (χ3n) is 1.54. The summed E-state index contributed by atoms with van der Waals surface area (Å²) >= 11 is 0. The zero-order chi connectivity index (χ0) is 12.0. The van der Waals surface area contributed by atoms with Crippen molar-refractivity contribution in [2.75, 3.05) is 6.54 Å². The zero-order valence-corrected chi connectivity index (χ0v) is 7.90. The Morgan fingerprint density at radius 3 is 3.06 bits per heavy atom. The second-order valence-corrected chi connectivity index (χ2v) is 2.55. The SMILES string of the molecule is [N-]=[N+]=NCC#Cc1c[n+]([O-])ccc1[N+](=O)[O-]. The molecule has 0 radical (unpaired) electrons. The Hall–Kier alpha value is -2.78. The van der Waals surface area contributed by atoms with Gasteiger partial charge < -0.3 is 5.21 Å². The van der Waals surface area contributed by atoms with E-state index in [1.54, 1.807) is 0 Å². The topological polar surface area (TPSA) is 119 Å². The molecule has 16 heavy (non-hydrogen) atoms. The largest absolute Gasteiger partial charge is 0.619 e. The van der Waals surface area contributed by atoms with E-state index in [0.29, 0.717) is 4.73 Å². The van der Waals surface area contributed by atoms with Crippen molar-refractivity contribution in [1.29, 1.82) is 0 Å². The number of hydrogen-bond acceptors (Lipinski definition) is 4. The van der Waals surface area contributed by atoms with E-state index in [1.807, 2.05) is 0 Å². The van der Waals surface area contributed by atoms with Gasteiger partial charge in [-0.05, 0) is 5.53 Å². The number of azide groups is 1. The highest BCUT2D eigenvalue weighted by molar-refractivity contribution is 5.47. The molecule has 0 fully saturated rings. The summed E-state index contributed by atoms with van der Waals surface area (Å²) in [6, 6.07) is 1.06. The van der Waals surface area contributed by atoms with Gasteiger partial charge in [-0.15, -0.1) is 0 Å².